The zero-order valence-electron chi connectivity index (χ0n) is 9.56. The third-order valence-corrected chi connectivity index (χ3v) is 2.13. The smallest absolute Gasteiger partial charge is 0.224 e. The van der Waals surface area contributed by atoms with Crippen molar-refractivity contribution in [1.82, 2.24) is 5.32 Å². The van der Waals surface area contributed by atoms with E-state index >= 15 is 0 Å². The predicted molar refractivity (Wildman–Crippen MR) is 61.3 cm³/mol. The zero-order valence-corrected chi connectivity index (χ0v) is 9.56. The van der Waals surface area contributed by atoms with E-state index < -0.39 is 0 Å². The van der Waals surface area contributed by atoms with E-state index in [4.69, 9.17) is 9.84 Å². The van der Waals surface area contributed by atoms with Gasteiger partial charge < -0.3 is 15.2 Å². The Morgan fingerprint density at radius 1 is 1.44 bits per heavy atom. The molecule has 0 aliphatic carbocycles. The van der Waals surface area contributed by atoms with Crippen LogP contribution in [0.4, 0.5) is 0 Å². The second-order valence-corrected chi connectivity index (χ2v) is 3.77. The molecule has 0 saturated carbocycles. The van der Waals surface area contributed by atoms with Gasteiger partial charge in [-0.1, -0.05) is 12.1 Å². The fourth-order valence-electron chi connectivity index (χ4n) is 1.42. The number of phenolic OH excluding ortho intramolecular Hbond substituents is 1. The van der Waals surface area contributed by atoms with Gasteiger partial charge in [0, 0.05) is 13.2 Å². The lowest BCUT2D eigenvalue weighted by Crippen LogP contribution is -2.36. The van der Waals surface area contributed by atoms with E-state index in [-0.39, 0.29) is 17.7 Å². The van der Waals surface area contributed by atoms with Crippen LogP contribution in [0.5, 0.6) is 5.75 Å². The monoisotopic (exact) mass is 223 g/mol. The lowest BCUT2D eigenvalue weighted by Gasteiger charge is -2.12. The molecule has 0 bridgehead atoms. The number of phenols is 1. The minimum Gasteiger partial charge on any atom is -0.508 e. The van der Waals surface area contributed by atoms with Crippen LogP contribution in [0, 0.1) is 0 Å². The Kier molecular flexibility index (Phi) is 4.79. The predicted octanol–water partition coefficient (Wildman–Crippen LogP) is 1.09. The van der Waals surface area contributed by atoms with Crippen LogP contribution in [0.15, 0.2) is 24.3 Å². The molecule has 16 heavy (non-hydrogen) atoms. The SMILES string of the molecule is COCC(C)NC(=O)Cc1ccc(O)cc1. The second-order valence-electron chi connectivity index (χ2n) is 3.77. The van der Waals surface area contributed by atoms with Gasteiger partial charge in [0.2, 0.25) is 5.91 Å². The molecular weight excluding hydrogens is 206 g/mol. The minimum atomic E-state index is -0.0461. The summed E-state index contributed by atoms with van der Waals surface area (Å²) in [4.78, 5) is 11.6. The first-order valence-corrected chi connectivity index (χ1v) is 5.18. The molecule has 0 fully saturated rings. The van der Waals surface area contributed by atoms with Gasteiger partial charge in [0.1, 0.15) is 5.75 Å². The standard InChI is InChI=1S/C12H17NO3/c1-9(8-16-2)13-12(15)7-10-3-5-11(14)6-4-10/h3-6,9,14H,7-8H2,1-2H3,(H,13,15). The molecule has 0 aliphatic heterocycles. The third kappa shape index (κ3) is 4.31. The normalized spacial score (nSPS) is 12.1. The topological polar surface area (TPSA) is 58.6 Å². The highest BCUT2D eigenvalue weighted by Crippen LogP contribution is 2.09. The van der Waals surface area contributed by atoms with Gasteiger partial charge in [-0.25, -0.2) is 0 Å². The number of benzene rings is 1. The number of ether oxygens (including phenoxy) is 1. The molecule has 0 aliphatic rings. The van der Waals surface area contributed by atoms with Crippen LogP contribution in [-0.4, -0.2) is 30.8 Å². The summed E-state index contributed by atoms with van der Waals surface area (Å²) in [6, 6.07) is 6.61. The van der Waals surface area contributed by atoms with Crippen LogP contribution >= 0.6 is 0 Å². The summed E-state index contributed by atoms with van der Waals surface area (Å²) in [5.74, 6) is 0.159. The van der Waals surface area contributed by atoms with E-state index in [0.717, 1.165) is 5.56 Å². The van der Waals surface area contributed by atoms with Crippen LogP contribution in [0.1, 0.15) is 12.5 Å². The Morgan fingerprint density at radius 2 is 2.06 bits per heavy atom. The molecule has 1 amide bonds. The highest BCUT2D eigenvalue weighted by atomic mass is 16.5. The molecule has 4 heteroatoms. The zero-order chi connectivity index (χ0) is 12.0. The van der Waals surface area contributed by atoms with Gasteiger partial charge in [0.25, 0.3) is 0 Å². The highest BCUT2D eigenvalue weighted by Gasteiger charge is 2.07. The Balaban J connectivity index is 2.42. The fraction of sp³-hybridized carbons (Fsp3) is 0.417. The largest absolute Gasteiger partial charge is 0.508 e. The van der Waals surface area contributed by atoms with Gasteiger partial charge in [-0.15, -0.1) is 0 Å². The van der Waals surface area contributed by atoms with Gasteiger partial charge in [-0.05, 0) is 24.6 Å². The van der Waals surface area contributed by atoms with Crippen molar-refractivity contribution in [3.63, 3.8) is 0 Å². The number of amides is 1. The molecule has 4 nitrogen and oxygen atoms in total. The van der Waals surface area contributed by atoms with E-state index in [1.165, 1.54) is 0 Å². The van der Waals surface area contributed by atoms with E-state index in [1.807, 2.05) is 6.92 Å². The number of hydrogen-bond acceptors (Lipinski definition) is 3. The highest BCUT2D eigenvalue weighted by molar-refractivity contribution is 5.78. The number of hydrogen-bond donors (Lipinski definition) is 2. The van der Waals surface area contributed by atoms with Crippen molar-refractivity contribution in [3.8, 4) is 5.75 Å². The molecule has 2 N–H and O–H groups in total. The van der Waals surface area contributed by atoms with Gasteiger partial charge >= 0.3 is 0 Å². The first-order valence-electron chi connectivity index (χ1n) is 5.18. The van der Waals surface area contributed by atoms with Crippen molar-refractivity contribution < 1.29 is 14.6 Å². The van der Waals surface area contributed by atoms with E-state index in [1.54, 1.807) is 31.4 Å². The average molecular weight is 223 g/mol. The van der Waals surface area contributed by atoms with E-state index in [9.17, 15) is 4.79 Å². The summed E-state index contributed by atoms with van der Waals surface area (Å²) in [5.41, 5.74) is 0.875. The van der Waals surface area contributed by atoms with Crippen molar-refractivity contribution in [1.29, 1.82) is 0 Å². The van der Waals surface area contributed by atoms with Crippen molar-refractivity contribution >= 4 is 5.91 Å². The molecule has 0 spiro atoms. The third-order valence-electron chi connectivity index (χ3n) is 2.13. The number of methoxy groups -OCH3 is 1. The quantitative estimate of drug-likeness (QED) is 0.785. The summed E-state index contributed by atoms with van der Waals surface area (Å²) in [6.45, 7) is 2.39. The van der Waals surface area contributed by atoms with Crippen LogP contribution in [-0.2, 0) is 16.0 Å². The van der Waals surface area contributed by atoms with Crippen LogP contribution in [0.25, 0.3) is 0 Å². The molecular formula is C12H17NO3. The van der Waals surface area contributed by atoms with Crippen molar-refractivity contribution in [2.45, 2.75) is 19.4 Å². The fourth-order valence-corrected chi connectivity index (χ4v) is 1.42. The molecule has 1 atom stereocenters. The Hall–Kier alpha value is -1.55. The molecule has 0 aromatic heterocycles. The molecule has 1 rings (SSSR count). The Bertz CT molecular complexity index is 335. The van der Waals surface area contributed by atoms with Crippen LogP contribution in [0.3, 0.4) is 0 Å². The summed E-state index contributed by atoms with van der Waals surface area (Å²) in [5, 5.41) is 11.9. The molecule has 1 aromatic carbocycles. The van der Waals surface area contributed by atoms with E-state index in [2.05, 4.69) is 5.32 Å². The van der Waals surface area contributed by atoms with Gasteiger partial charge in [0.05, 0.1) is 13.0 Å². The molecule has 0 radical (unpaired) electrons. The number of aromatic hydroxyl groups is 1. The Labute approximate surface area is 95.2 Å². The summed E-state index contributed by atoms with van der Waals surface area (Å²) < 4.78 is 4.92. The van der Waals surface area contributed by atoms with Gasteiger partial charge in [-0.3, -0.25) is 4.79 Å². The average Bonchev–Trinajstić information content (AvgIpc) is 2.21. The maximum atomic E-state index is 11.6. The summed E-state index contributed by atoms with van der Waals surface area (Å²) in [7, 11) is 1.60. The van der Waals surface area contributed by atoms with Crippen molar-refractivity contribution in [2.24, 2.45) is 0 Å². The number of nitrogens with one attached hydrogen (secondary N) is 1. The second kappa shape index (κ2) is 6.12. The minimum absolute atomic E-state index is 0.00890. The summed E-state index contributed by atoms with van der Waals surface area (Å²) in [6.07, 6.45) is 0.314. The van der Waals surface area contributed by atoms with Crippen LogP contribution in [0.2, 0.25) is 0 Å². The lowest BCUT2D eigenvalue weighted by molar-refractivity contribution is -0.121. The molecule has 1 unspecified atom stereocenters. The molecule has 0 saturated heterocycles. The van der Waals surface area contributed by atoms with Gasteiger partial charge in [-0.2, -0.15) is 0 Å². The number of carbonyl (C=O) groups excluding carboxylic acids is 1. The molecule has 0 heterocycles. The molecule has 1 aromatic rings. The maximum absolute atomic E-state index is 11.6. The Morgan fingerprint density at radius 3 is 2.62 bits per heavy atom. The maximum Gasteiger partial charge on any atom is 0.224 e. The molecule has 88 valence electrons. The first-order chi connectivity index (χ1) is 7.61. The van der Waals surface area contributed by atoms with Gasteiger partial charge in [0.15, 0.2) is 0 Å². The first kappa shape index (κ1) is 12.5. The number of rotatable bonds is 5. The van der Waals surface area contributed by atoms with E-state index in [0.29, 0.717) is 13.0 Å². The summed E-state index contributed by atoms with van der Waals surface area (Å²) >= 11 is 0. The van der Waals surface area contributed by atoms with Crippen molar-refractivity contribution in [3.05, 3.63) is 29.8 Å². The van der Waals surface area contributed by atoms with Crippen molar-refractivity contribution in [2.75, 3.05) is 13.7 Å². The number of carbonyl (C=O) groups is 1. The van der Waals surface area contributed by atoms with Crippen LogP contribution < -0.4 is 5.32 Å². The lowest BCUT2D eigenvalue weighted by atomic mass is 10.1.